The van der Waals surface area contributed by atoms with Crippen LogP contribution in [0.25, 0.3) is 6.08 Å². The van der Waals surface area contributed by atoms with Crippen molar-refractivity contribution < 1.29 is 14.7 Å². The first-order chi connectivity index (χ1) is 9.60. The molecule has 0 N–H and O–H groups in total. The van der Waals surface area contributed by atoms with Gasteiger partial charge in [0.05, 0.1) is 5.97 Å². The van der Waals surface area contributed by atoms with Gasteiger partial charge in [-0.3, -0.25) is 4.79 Å². The van der Waals surface area contributed by atoms with Crippen molar-refractivity contribution in [3.05, 3.63) is 53.7 Å². The third-order valence-corrected chi connectivity index (χ3v) is 4.38. The second kappa shape index (κ2) is 6.58. The Morgan fingerprint density at radius 3 is 2.70 bits per heavy atom. The van der Waals surface area contributed by atoms with Crippen LogP contribution in [0.15, 0.2) is 47.6 Å². The number of hydrogen-bond donors (Lipinski definition) is 0. The van der Waals surface area contributed by atoms with Crippen molar-refractivity contribution in [3.63, 3.8) is 0 Å². The fraction of sp³-hybridized carbons (Fsp3) is 0.0714. The van der Waals surface area contributed by atoms with Crippen LogP contribution in [0.3, 0.4) is 0 Å². The second-order valence-electron chi connectivity index (χ2n) is 3.81. The third kappa shape index (κ3) is 3.61. The van der Waals surface area contributed by atoms with E-state index in [0.29, 0.717) is 15.8 Å². The lowest BCUT2D eigenvalue weighted by Crippen LogP contribution is -2.21. The van der Waals surface area contributed by atoms with Crippen LogP contribution in [0, 0.1) is 0 Å². The molecule has 0 saturated carbocycles. The predicted molar refractivity (Wildman–Crippen MR) is 81.4 cm³/mol. The average molecular weight is 304 g/mol. The van der Waals surface area contributed by atoms with Gasteiger partial charge in [-0.15, -0.1) is 6.58 Å². The largest absolute Gasteiger partial charge is 0.545 e. The zero-order valence-electron chi connectivity index (χ0n) is 10.4. The van der Waals surface area contributed by atoms with E-state index in [0.717, 1.165) is 17.3 Å². The van der Waals surface area contributed by atoms with E-state index in [-0.39, 0.29) is 10.7 Å². The highest BCUT2D eigenvalue weighted by atomic mass is 32.2. The van der Waals surface area contributed by atoms with Gasteiger partial charge in [-0.1, -0.05) is 42.1 Å². The normalized spacial score (nSPS) is 16.3. The van der Waals surface area contributed by atoms with Gasteiger partial charge < -0.3 is 9.90 Å². The molecule has 20 heavy (non-hydrogen) atoms. The standard InChI is InChI=1S/C14H11NO3S2/c1-2-7-19-14-15-11(13(18)20-14)8-9-3-5-10(6-4-9)12(16)17/h2-6,8H,1,7H2,(H,16,17)/p-1/b11-8-. The maximum atomic E-state index is 11.8. The topological polar surface area (TPSA) is 69.6 Å². The summed E-state index contributed by atoms with van der Waals surface area (Å²) in [5, 5.41) is 10.5. The van der Waals surface area contributed by atoms with Crippen LogP contribution in [0.1, 0.15) is 15.9 Å². The number of carbonyl (C=O) groups excluding carboxylic acids is 2. The molecule has 6 heteroatoms. The van der Waals surface area contributed by atoms with Gasteiger partial charge in [0.15, 0.2) is 0 Å². The molecule has 0 fully saturated rings. The van der Waals surface area contributed by atoms with Gasteiger partial charge in [-0.2, -0.15) is 0 Å². The van der Waals surface area contributed by atoms with E-state index in [4.69, 9.17) is 0 Å². The number of carbonyl (C=O) groups is 2. The first-order valence-electron chi connectivity index (χ1n) is 5.68. The summed E-state index contributed by atoms with van der Waals surface area (Å²) in [5.41, 5.74) is 1.19. The molecule has 0 amide bonds. The fourth-order valence-corrected chi connectivity index (χ4v) is 3.06. The molecule has 0 atom stereocenters. The molecule has 2 rings (SSSR count). The van der Waals surface area contributed by atoms with Gasteiger partial charge in [-0.05, 0) is 29.0 Å². The molecule has 4 nitrogen and oxygen atoms in total. The summed E-state index contributed by atoms with van der Waals surface area (Å²) in [4.78, 5) is 26.6. The zero-order valence-corrected chi connectivity index (χ0v) is 12.0. The number of carboxylic acid groups (broad SMARTS) is 1. The number of hydrogen-bond acceptors (Lipinski definition) is 6. The van der Waals surface area contributed by atoms with Crippen molar-refractivity contribution in [1.29, 1.82) is 0 Å². The summed E-state index contributed by atoms with van der Waals surface area (Å²) >= 11 is 2.55. The minimum Gasteiger partial charge on any atom is -0.545 e. The Morgan fingerprint density at radius 1 is 1.40 bits per heavy atom. The summed E-state index contributed by atoms with van der Waals surface area (Å²) in [5.74, 6) is -0.523. The Kier molecular flexibility index (Phi) is 4.81. The summed E-state index contributed by atoms with van der Waals surface area (Å²) < 4.78 is 0.701. The molecule has 0 unspecified atom stereocenters. The van der Waals surface area contributed by atoms with E-state index < -0.39 is 5.97 Å². The van der Waals surface area contributed by atoms with E-state index in [1.807, 2.05) is 0 Å². The van der Waals surface area contributed by atoms with Crippen molar-refractivity contribution in [2.24, 2.45) is 4.99 Å². The summed E-state index contributed by atoms with van der Waals surface area (Å²) in [6.07, 6.45) is 3.38. The highest BCUT2D eigenvalue weighted by molar-refractivity contribution is 8.45. The van der Waals surface area contributed by atoms with Crippen LogP contribution < -0.4 is 5.11 Å². The van der Waals surface area contributed by atoms with E-state index in [9.17, 15) is 14.7 Å². The van der Waals surface area contributed by atoms with E-state index >= 15 is 0 Å². The van der Waals surface area contributed by atoms with Crippen LogP contribution in [0.2, 0.25) is 0 Å². The molecule has 0 aliphatic carbocycles. The predicted octanol–water partition coefficient (Wildman–Crippen LogP) is 1.94. The van der Waals surface area contributed by atoms with Crippen LogP contribution in [-0.4, -0.2) is 21.2 Å². The Morgan fingerprint density at radius 2 is 2.10 bits per heavy atom. The molecule has 0 aromatic heterocycles. The van der Waals surface area contributed by atoms with Crippen molar-refractivity contribution in [1.82, 2.24) is 0 Å². The number of aromatic carboxylic acids is 1. The van der Waals surface area contributed by atoms with Gasteiger partial charge in [0.25, 0.3) is 0 Å². The number of thioether (sulfide) groups is 2. The number of nitrogens with zero attached hydrogens (tertiary/aromatic N) is 1. The zero-order chi connectivity index (χ0) is 14.5. The molecule has 1 aliphatic rings. The first kappa shape index (κ1) is 14.6. The lowest BCUT2D eigenvalue weighted by atomic mass is 10.1. The molecular formula is C14H10NO3S2-. The lowest BCUT2D eigenvalue weighted by Gasteiger charge is -2.01. The van der Waals surface area contributed by atoms with Gasteiger partial charge in [-0.25, -0.2) is 4.99 Å². The van der Waals surface area contributed by atoms with E-state index in [1.165, 1.54) is 23.9 Å². The highest BCUT2D eigenvalue weighted by Gasteiger charge is 2.21. The first-order valence-corrected chi connectivity index (χ1v) is 7.48. The third-order valence-electron chi connectivity index (χ3n) is 2.38. The maximum absolute atomic E-state index is 11.8. The van der Waals surface area contributed by atoms with Gasteiger partial charge in [0.1, 0.15) is 10.1 Å². The van der Waals surface area contributed by atoms with Crippen LogP contribution in [-0.2, 0) is 4.79 Å². The summed E-state index contributed by atoms with van der Waals surface area (Å²) in [7, 11) is 0. The fourth-order valence-electron chi connectivity index (χ4n) is 1.45. The summed E-state index contributed by atoms with van der Waals surface area (Å²) in [6.45, 7) is 3.61. The van der Waals surface area contributed by atoms with Crippen LogP contribution in [0.4, 0.5) is 0 Å². The number of rotatable bonds is 4. The number of benzene rings is 1. The SMILES string of the molecule is C=CCSC1=N/C(=C\c2ccc(C(=O)[O-])cc2)C(=O)S1. The Hall–Kier alpha value is -1.79. The molecule has 1 aromatic carbocycles. The Bertz CT molecular complexity index is 618. The highest BCUT2D eigenvalue weighted by Crippen LogP contribution is 2.30. The van der Waals surface area contributed by atoms with Gasteiger partial charge in [0, 0.05) is 5.75 Å². The molecule has 0 spiro atoms. The average Bonchev–Trinajstić information content (AvgIpc) is 2.77. The van der Waals surface area contributed by atoms with Crippen molar-refractivity contribution in [2.75, 3.05) is 5.75 Å². The minimum absolute atomic E-state index is 0.102. The molecule has 1 aliphatic heterocycles. The van der Waals surface area contributed by atoms with Crippen LogP contribution >= 0.6 is 23.5 Å². The van der Waals surface area contributed by atoms with Crippen molar-refractivity contribution in [3.8, 4) is 0 Å². The lowest BCUT2D eigenvalue weighted by molar-refractivity contribution is -0.255. The molecule has 0 radical (unpaired) electrons. The van der Waals surface area contributed by atoms with Crippen molar-refractivity contribution >= 4 is 45.1 Å². The van der Waals surface area contributed by atoms with Crippen molar-refractivity contribution in [2.45, 2.75) is 0 Å². The molecular weight excluding hydrogens is 294 g/mol. The summed E-state index contributed by atoms with van der Waals surface area (Å²) in [6, 6.07) is 6.09. The minimum atomic E-state index is -1.22. The molecule has 1 heterocycles. The van der Waals surface area contributed by atoms with E-state index in [2.05, 4.69) is 11.6 Å². The monoisotopic (exact) mass is 304 g/mol. The smallest absolute Gasteiger partial charge is 0.244 e. The maximum Gasteiger partial charge on any atom is 0.244 e. The van der Waals surface area contributed by atoms with E-state index in [1.54, 1.807) is 24.3 Å². The molecule has 0 bridgehead atoms. The molecule has 0 saturated heterocycles. The van der Waals surface area contributed by atoms with Crippen LogP contribution in [0.5, 0.6) is 0 Å². The molecule has 102 valence electrons. The second-order valence-corrected chi connectivity index (χ2v) is 6.03. The Labute approximate surface area is 124 Å². The number of aliphatic imine (C=N–C) groups is 1. The molecule has 1 aromatic rings. The Balaban J connectivity index is 2.17. The van der Waals surface area contributed by atoms with Gasteiger partial charge in [0.2, 0.25) is 5.12 Å². The number of carboxylic acids is 1. The quantitative estimate of drug-likeness (QED) is 0.628. The van der Waals surface area contributed by atoms with Gasteiger partial charge >= 0.3 is 0 Å².